The Balaban J connectivity index is 0.00000338. The van der Waals surface area contributed by atoms with Crippen LogP contribution in [0.1, 0.15) is 37.9 Å². The normalized spacial score (nSPS) is 13.6. The molecule has 0 radical (unpaired) electrons. The molecule has 0 aliphatic rings. The molecule has 144 valence electrons. The van der Waals surface area contributed by atoms with Crippen molar-refractivity contribution in [1.29, 1.82) is 0 Å². The average Bonchev–Trinajstić information content (AvgIpc) is 3.03. The molecule has 26 heavy (non-hydrogen) atoms. The summed E-state index contributed by atoms with van der Waals surface area (Å²) in [5.74, 6) is -0.236. The van der Waals surface area contributed by atoms with Gasteiger partial charge in [-0.05, 0) is 37.1 Å². The average molecular weight is 391 g/mol. The van der Waals surface area contributed by atoms with Gasteiger partial charge in [-0.1, -0.05) is 25.5 Å². The summed E-state index contributed by atoms with van der Waals surface area (Å²) >= 11 is 0. The second-order valence-electron chi connectivity index (χ2n) is 6.16. The SMILES string of the molecule is CCCC(C)(N)C(=O)NCc1ccc(-n2ccc(C(F)(F)F)n2)cc1.Cl. The zero-order valence-electron chi connectivity index (χ0n) is 14.5. The molecular formula is C17H22ClF3N4O. The van der Waals surface area contributed by atoms with Crippen LogP contribution < -0.4 is 11.1 Å². The number of carbonyl (C=O) groups is 1. The van der Waals surface area contributed by atoms with Crippen molar-refractivity contribution in [3.63, 3.8) is 0 Å². The van der Waals surface area contributed by atoms with Crippen molar-refractivity contribution in [2.45, 2.75) is 44.9 Å². The minimum absolute atomic E-state index is 0. The maximum atomic E-state index is 12.6. The largest absolute Gasteiger partial charge is 0.435 e. The van der Waals surface area contributed by atoms with E-state index in [1.54, 1.807) is 31.2 Å². The third-order valence-corrected chi connectivity index (χ3v) is 3.82. The molecule has 1 heterocycles. The van der Waals surface area contributed by atoms with Crippen molar-refractivity contribution in [2.75, 3.05) is 0 Å². The molecule has 5 nitrogen and oxygen atoms in total. The summed E-state index contributed by atoms with van der Waals surface area (Å²) in [5.41, 5.74) is 5.41. The summed E-state index contributed by atoms with van der Waals surface area (Å²) in [6.07, 6.45) is -1.83. The van der Waals surface area contributed by atoms with E-state index in [9.17, 15) is 18.0 Å². The molecule has 9 heteroatoms. The Bertz CT molecular complexity index is 726. The first-order chi connectivity index (χ1) is 11.6. The molecule has 0 fully saturated rings. The summed E-state index contributed by atoms with van der Waals surface area (Å²) < 4.78 is 38.9. The number of hydrogen-bond donors (Lipinski definition) is 2. The lowest BCUT2D eigenvalue weighted by molar-refractivity contribution is -0.141. The molecule has 2 aromatic rings. The summed E-state index contributed by atoms with van der Waals surface area (Å²) in [5, 5.41) is 6.29. The number of amides is 1. The summed E-state index contributed by atoms with van der Waals surface area (Å²) in [4.78, 5) is 12.1. The van der Waals surface area contributed by atoms with Gasteiger partial charge in [0.1, 0.15) is 0 Å². The Kier molecular flexibility index (Phi) is 7.23. The highest BCUT2D eigenvalue weighted by Crippen LogP contribution is 2.27. The summed E-state index contributed by atoms with van der Waals surface area (Å²) in [6, 6.07) is 7.64. The molecule has 0 bridgehead atoms. The van der Waals surface area contributed by atoms with Crippen LogP contribution in [0.5, 0.6) is 0 Å². The number of aromatic nitrogens is 2. The van der Waals surface area contributed by atoms with Crippen LogP contribution in [0.3, 0.4) is 0 Å². The van der Waals surface area contributed by atoms with E-state index in [2.05, 4.69) is 10.4 Å². The molecule has 1 amide bonds. The first-order valence-corrected chi connectivity index (χ1v) is 7.93. The van der Waals surface area contributed by atoms with Gasteiger partial charge in [0.2, 0.25) is 5.91 Å². The molecule has 2 rings (SSSR count). The van der Waals surface area contributed by atoms with Gasteiger partial charge in [-0.25, -0.2) is 4.68 Å². The van der Waals surface area contributed by atoms with Crippen molar-refractivity contribution in [2.24, 2.45) is 5.73 Å². The molecule has 0 spiro atoms. The van der Waals surface area contributed by atoms with Crippen molar-refractivity contribution >= 4 is 18.3 Å². The van der Waals surface area contributed by atoms with E-state index in [0.29, 0.717) is 18.7 Å². The van der Waals surface area contributed by atoms with Crippen LogP contribution in [0.25, 0.3) is 5.69 Å². The van der Waals surface area contributed by atoms with Crippen LogP contribution >= 0.6 is 12.4 Å². The van der Waals surface area contributed by atoms with Gasteiger partial charge in [0.15, 0.2) is 5.69 Å². The highest BCUT2D eigenvalue weighted by Gasteiger charge is 2.33. The van der Waals surface area contributed by atoms with Crippen LogP contribution in [0.4, 0.5) is 13.2 Å². The number of nitrogens with zero attached hydrogens (tertiary/aromatic N) is 2. The van der Waals surface area contributed by atoms with Crippen LogP contribution in [0, 0.1) is 0 Å². The number of halogens is 4. The topological polar surface area (TPSA) is 72.9 Å². The van der Waals surface area contributed by atoms with E-state index in [4.69, 9.17) is 5.73 Å². The van der Waals surface area contributed by atoms with Crippen LogP contribution in [0.2, 0.25) is 0 Å². The lowest BCUT2D eigenvalue weighted by atomic mass is 9.96. The van der Waals surface area contributed by atoms with Crippen molar-refractivity contribution in [3.8, 4) is 5.69 Å². The Morgan fingerprint density at radius 1 is 1.23 bits per heavy atom. The minimum atomic E-state index is -4.47. The van der Waals surface area contributed by atoms with Gasteiger partial charge < -0.3 is 11.1 Å². The number of nitrogens with two attached hydrogens (primary N) is 1. The van der Waals surface area contributed by atoms with E-state index in [1.807, 2.05) is 6.92 Å². The number of alkyl halides is 3. The van der Waals surface area contributed by atoms with Gasteiger partial charge >= 0.3 is 6.18 Å². The minimum Gasteiger partial charge on any atom is -0.350 e. The molecule has 1 aromatic heterocycles. The second kappa shape index (κ2) is 8.55. The highest BCUT2D eigenvalue weighted by atomic mass is 35.5. The summed E-state index contributed by atoms with van der Waals surface area (Å²) in [6.45, 7) is 3.93. The molecule has 0 aliphatic carbocycles. The molecule has 0 aliphatic heterocycles. The van der Waals surface area contributed by atoms with E-state index in [1.165, 1.54) is 6.20 Å². The standard InChI is InChI=1S/C17H21F3N4O.ClH/c1-3-9-16(2,21)15(25)22-11-12-4-6-13(7-5-12)24-10-8-14(23-24)17(18,19)20;/h4-8,10H,3,9,11,21H2,1-2H3,(H,22,25);1H. The second-order valence-corrected chi connectivity index (χ2v) is 6.16. The molecule has 1 aromatic carbocycles. The first kappa shape index (κ1) is 22.0. The van der Waals surface area contributed by atoms with Crippen LogP contribution in [0.15, 0.2) is 36.5 Å². The van der Waals surface area contributed by atoms with Crippen molar-refractivity contribution < 1.29 is 18.0 Å². The van der Waals surface area contributed by atoms with Crippen LogP contribution in [-0.4, -0.2) is 21.2 Å². The maximum Gasteiger partial charge on any atom is 0.435 e. The van der Waals surface area contributed by atoms with Crippen molar-refractivity contribution in [3.05, 3.63) is 47.8 Å². The van der Waals surface area contributed by atoms with Crippen LogP contribution in [-0.2, 0) is 17.5 Å². The van der Waals surface area contributed by atoms with Gasteiger partial charge in [0.05, 0.1) is 11.2 Å². The van der Waals surface area contributed by atoms with Crippen molar-refractivity contribution in [1.82, 2.24) is 15.1 Å². The molecular weight excluding hydrogens is 369 g/mol. The fourth-order valence-electron chi connectivity index (χ4n) is 2.40. The number of nitrogens with one attached hydrogen (secondary N) is 1. The van der Waals surface area contributed by atoms with Gasteiger partial charge in [0.25, 0.3) is 0 Å². The Hall–Kier alpha value is -2.06. The predicted molar refractivity (Wildman–Crippen MR) is 95.2 cm³/mol. The monoisotopic (exact) mass is 390 g/mol. The molecule has 3 N–H and O–H groups in total. The number of hydrogen-bond acceptors (Lipinski definition) is 3. The number of carbonyl (C=O) groups excluding carboxylic acids is 1. The van der Waals surface area contributed by atoms with E-state index < -0.39 is 17.4 Å². The zero-order valence-corrected chi connectivity index (χ0v) is 15.3. The Labute approximate surface area is 156 Å². The zero-order chi connectivity index (χ0) is 18.7. The predicted octanol–water partition coefficient (Wildman–Crippen LogP) is 3.45. The van der Waals surface area contributed by atoms with Gasteiger partial charge in [-0.2, -0.15) is 18.3 Å². The third kappa shape index (κ3) is 5.47. The fraction of sp³-hybridized carbons (Fsp3) is 0.412. The van der Waals surface area contributed by atoms with E-state index in [0.717, 1.165) is 22.7 Å². The first-order valence-electron chi connectivity index (χ1n) is 7.93. The highest BCUT2D eigenvalue weighted by molar-refractivity contribution is 5.85. The Morgan fingerprint density at radius 3 is 2.35 bits per heavy atom. The summed E-state index contributed by atoms with van der Waals surface area (Å²) in [7, 11) is 0. The van der Waals surface area contributed by atoms with E-state index >= 15 is 0 Å². The quantitative estimate of drug-likeness (QED) is 0.793. The molecule has 1 unspecified atom stereocenters. The maximum absolute atomic E-state index is 12.6. The lowest BCUT2D eigenvalue weighted by Gasteiger charge is -2.22. The number of benzene rings is 1. The van der Waals surface area contributed by atoms with Gasteiger partial charge in [-0.3, -0.25) is 4.79 Å². The fourth-order valence-corrected chi connectivity index (χ4v) is 2.40. The Morgan fingerprint density at radius 2 is 1.85 bits per heavy atom. The lowest BCUT2D eigenvalue weighted by Crippen LogP contribution is -2.51. The van der Waals surface area contributed by atoms with E-state index in [-0.39, 0.29) is 18.3 Å². The molecule has 0 saturated heterocycles. The molecule has 1 atom stereocenters. The molecule has 0 saturated carbocycles. The number of rotatable bonds is 6. The van der Waals surface area contributed by atoms with Gasteiger partial charge in [-0.15, -0.1) is 12.4 Å². The smallest absolute Gasteiger partial charge is 0.350 e. The third-order valence-electron chi connectivity index (χ3n) is 3.82. The van der Waals surface area contributed by atoms with Gasteiger partial charge in [0, 0.05) is 12.7 Å².